The summed E-state index contributed by atoms with van der Waals surface area (Å²) in [6.45, 7) is 4.85. The topological polar surface area (TPSA) is 54.2 Å². The molecule has 2 N–H and O–H groups in total. The van der Waals surface area contributed by atoms with Gasteiger partial charge in [0.25, 0.3) is 0 Å². The standard InChI is InChI=1S/C19H27N5S.HI/c1-19(8-4-11-25-19)15-22-18(20-2)21-13-16-6-3-7-17(12-16)14-24-10-5-9-23-24;/h3,5-7,9-10,12H,4,8,11,13-15H2,1-2H3,(H2,20,21,22);1H. The van der Waals surface area contributed by atoms with E-state index in [0.717, 1.165) is 25.6 Å². The highest BCUT2D eigenvalue weighted by molar-refractivity contribution is 14.0. The maximum atomic E-state index is 4.35. The van der Waals surface area contributed by atoms with E-state index in [1.807, 2.05) is 30.2 Å². The van der Waals surface area contributed by atoms with Crippen LogP contribution in [-0.4, -0.2) is 39.8 Å². The van der Waals surface area contributed by atoms with Crippen molar-refractivity contribution in [2.75, 3.05) is 19.3 Å². The lowest BCUT2D eigenvalue weighted by atomic mass is 10.1. The largest absolute Gasteiger partial charge is 0.355 e. The van der Waals surface area contributed by atoms with Gasteiger partial charge in [-0.2, -0.15) is 16.9 Å². The van der Waals surface area contributed by atoms with Crippen LogP contribution in [0, 0.1) is 0 Å². The molecule has 1 aliphatic heterocycles. The highest BCUT2D eigenvalue weighted by Crippen LogP contribution is 2.36. The number of nitrogens with one attached hydrogen (secondary N) is 2. The lowest BCUT2D eigenvalue weighted by Crippen LogP contribution is -2.43. The van der Waals surface area contributed by atoms with Gasteiger partial charge in [0.15, 0.2) is 5.96 Å². The van der Waals surface area contributed by atoms with E-state index < -0.39 is 0 Å². The van der Waals surface area contributed by atoms with Crippen LogP contribution in [0.15, 0.2) is 47.7 Å². The molecule has 0 aliphatic carbocycles. The van der Waals surface area contributed by atoms with Gasteiger partial charge in [-0.15, -0.1) is 24.0 Å². The zero-order chi connectivity index (χ0) is 17.5. The minimum absolute atomic E-state index is 0. The molecule has 0 radical (unpaired) electrons. The van der Waals surface area contributed by atoms with Gasteiger partial charge in [-0.3, -0.25) is 9.67 Å². The summed E-state index contributed by atoms with van der Waals surface area (Å²) >= 11 is 2.06. The number of aliphatic imine (C=N–C) groups is 1. The SMILES string of the molecule is CN=C(NCc1cccc(Cn2cccn2)c1)NCC1(C)CCCS1.I. The second-order valence-corrected chi connectivity index (χ2v) is 8.39. The van der Waals surface area contributed by atoms with Crippen molar-refractivity contribution in [1.29, 1.82) is 0 Å². The molecule has 0 bridgehead atoms. The van der Waals surface area contributed by atoms with Gasteiger partial charge < -0.3 is 10.6 Å². The van der Waals surface area contributed by atoms with E-state index in [4.69, 9.17) is 0 Å². The third kappa shape index (κ3) is 6.19. The third-order valence-electron chi connectivity index (χ3n) is 4.51. The first-order valence-corrected chi connectivity index (χ1v) is 9.79. The van der Waals surface area contributed by atoms with Crippen molar-refractivity contribution in [2.45, 2.75) is 37.6 Å². The van der Waals surface area contributed by atoms with Crippen LogP contribution in [0.2, 0.25) is 0 Å². The summed E-state index contributed by atoms with van der Waals surface area (Å²) < 4.78 is 2.27. The van der Waals surface area contributed by atoms with E-state index in [0.29, 0.717) is 4.75 Å². The fourth-order valence-electron chi connectivity index (χ4n) is 3.07. The molecule has 5 nitrogen and oxygen atoms in total. The van der Waals surface area contributed by atoms with Crippen LogP contribution >= 0.6 is 35.7 Å². The number of hydrogen-bond donors (Lipinski definition) is 2. The number of halogens is 1. The van der Waals surface area contributed by atoms with Crippen LogP contribution in [0.4, 0.5) is 0 Å². The van der Waals surface area contributed by atoms with Crippen molar-refractivity contribution in [3.63, 3.8) is 0 Å². The summed E-state index contributed by atoms with van der Waals surface area (Å²) in [7, 11) is 1.83. The Morgan fingerprint density at radius 3 is 2.85 bits per heavy atom. The molecule has 1 aromatic heterocycles. The number of benzene rings is 1. The molecule has 2 heterocycles. The molecule has 7 heteroatoms. The first kappa shape index (κ1) is 21.1. The summed E-state index contributed by atoms with van der Waals surface area (Å²) in [5.41, 5.74) is 2.50. The molecule has 1 aromatic carbocycles. The van der Waals surface area contributed by atoms with Gasteiger partial charge in [0.2, 0.25) is 0 Å². The normalized spacial score (nSPS) is 19.8. The summed E-state index contributed by atoms with van der Waals surface area (Å²) in [5, 5.41) is 11.2. The van der Waals surface area contributed by atoms with Gasteiger partial charge in [-0.1, -0.05) is 24.3 Å². The molecule has 0 amide bonds. The molecule has 0 saturated carbocycles. The average molecular weight is 485 g/mol. The van der Waals surface area contributed by atoms with E-state index in [9.17, 15) is 0 Å². The molecule has 0 spiro atoms. The van der Waals surface area contributed by atoms with Gasteiger partial charge >= 0.3 is 0 Å². The zero-order valence-electron chi connectivity index (χ0n) is 15.4. The minimum atomic E-state index is 0. The maximum absolute atomic E-state index is 4.35. The Balaban J connectivity index is 0.00000243. The molecular weight excluding hydrogens is 457 g/mol. The first-order valence-electron chi connectivity index (χ1n) is 8.81. The van der Waals surface area contributed by atoms with E-state index in [2.05, 4.69) is 63.7 Å². The Kier molecular flexibility index (Phi) is 8.27. The van der Waals surface area contributed by atoms with Crippen molar-refractivity contribution in [1.82, 2.24) is 20.4 Å². The van der Waals surface area contributed by atoms with Crippen molar-refractivity contribution in [3.8, 4) is 0 Å². The van der Waals surface area contributed by atoms with Gasteiger partial charge in [-0.05, 0) is 42.7 Å². The lowest BCUT2D eigenvalue weighted by molar-refractivity contribution is 0.584. The van der Waals surface area contributed by atoms with Crippen LogP contribution in [-0.2, 0) is 13.1 Å². The number of thioether (sulfide) groups is 1. The number of guanidine groups is 1. The van der Waals surface area contributed by atoms with E-state index in [-0.39, 0.29) is 24.0 Å². The molecule has 1 atom stereocenters. The Morgan fingerprint density at radius 1 is 1.31 bits per heavy atom. The molecule has 142 valence electrons. The predicted octanol–water partition coefficient (Wildman–Crippen LogP) is 3.50. The molecule has 1 saturated heterocycles. The van der Waals surface area contributed by atoms with E-state index in [1.165, 1.54) is 29.7 Å². The molecule has 1 aliphatic rings. The van der Waals surface area contributed by atoms with Gasteiger partial charge in [0.05, 0.1) is 6.54 Å². The fraction of sp³-hybridized carbons (Fsp3) is 0.474. The second-order valence-electron chi connectivity index (χ2n) is 6.70. The fourth-order valence-corrected chi connectivity index (χ4v) is 4.32. The Morgan fingerprint density at radius 2 is 2.15 bits per heavy atom. The highest BCUT2D eigenvalue weighted by Gasteiger charge is 2.29. The van der Waals surface area contributed by atoms with Crippen LogP contribution in [0.1, 0.15) is 30.9 Å². The second kappa shape index (κ2) is 10.2. The van der Waals surface area contributed by atoms with Crippen LogP contribution in [0.3, 0.4) is 0 Å². The first-order chi connectivity index (χ1) is 12.2. The van der Waals surface area contributed by atoms with Crippen LogP contribution < -0.4 is 10.6 Å². The summed E-state index contributed by atoms with van der Waals surface area (Å²) in [4.78, 5) is 4.35. The molecular formula is C19H28IN5S. The number of hydrogen-bond acceptors (Lipinski definition) is 3. The van der Waals surface area contributed by atoms with Crippen LogP contribution in [0.25, 0.3) is 0 Å². The predicted molar refractivity (Wildman–Crippen MR) is 121 cm³/mol. The van der Waals surface area contributed by atoms with Gasteiger partial charge in [0, 0.05) is 37.3 Å². The Bertz CT molecular complexity index is 696. The van der Waals surface area contributed by atoms with Crippen molar-refractivity contribution in [3.05, 3.63) is 53.9 Å². The van der Waals surface area contributed by atoms with Crippen molar-refractivity contribution in [2.24, 2.45) is 4.99 Å². The number of aromatic nitrogens is 2. The molecule has 3 rings (SSSR count). The highest BCUT2D eigenvalue weighted by atomic mass is 127. The molecule has 1 unspecified atom stereocenters. The Labute approximate surface area is 177 Å². The van der Waals surface area contributed by atoms with Gasteiger partial charge in [-0.25, -0.2) is 0 Å². The third-order valence-corrected chi connectivity index (χ3v) is 6.05. The van der Waals surface area contributed by atoms with Crippen molar-refractivity contribution >= 4 is 41.7 Å². The summed E-state index contributed by atoms with van der Waals surface area (Å²) in [6, 6.07) is 10.5. The lowest BCUT2D eigenvalue weighted by Gasteiger charge is -2.24. The summed E-state index contributed by atoms with van der Waals surface area (Å²) in [6.07, 6.45) is 6.39. The molecule has 26 heavy (non-hydrogen) atoms. The zero-order valence-corrected chi connectivity index (χ0v) is 18.6. The quantitative estimate of drug-likeness (QED) is 0.374. The minimum Gasteiger partial charge on any atom is -0.355 e. The maximum Gasteiger partial charge on any atom is 0.191 e. The number of nitrogens with zero attached hydrogens (tertiary/aromatic N) is 3. The van der Waals surface area contributed by atoms with E-state index in [1.54, 1.807) is 0 Å². The van der Waals surface area contributed by atoms with Crippen molar-refractivity contribution < 1.29 is 0 Å². The summed E-state index contributed by atoms with van der Waals surface area (Å²) in [5.74, 6) is 2.14. The smallest absolute Gasteiger partial charge is 0.191 e. The average Bonchev–Trinajstić information content (AvgIpc) is 3.28. The number of rotatable bonds is 6. The van der Waals surface area contributed by atoms with Crippen LogP contribution in [0.5, 0.6) is 0 Å². The van der Waals surface area contributed by atoms with E-state index >= 15 is 0 Å². The Hall–Kier alpha value is -1.22. The molecule has 2 aromatic rings. The molecule has 1 fully saturated rings. The monoisotopic (exact) mass is 485 g/mol. The van der Waals surface area contributed by atoms with Gasteiger partial charge in [0.1, 0.15) is 0 Å².